The number of fused-ring (bicyclic) bond motifs is 1. The zero-order valence-electron chi connectivity index (χ0n) is 27.8. The number of nitrogens with zero attached hydrogens (tertiary/aromatic N) is 6. The van der Waals surface area contributed by atoms with Crippen molar-refractivity contribution in [3.05, 3.63) is 65.1 Å². The highest BCUT2D eigenvalue weighted by molar-refractivity contribution is 7.99. The van der Waals surface area contributed by atoms with Gasteiger partial charge in [-0.2, -0.15) is 22.6 Å². The van der Waals surface area contributed by atoms with Crippen LogP contribution in [0.5, 0.6) is 0 Å². The van der Waals surface area contributed by atoms with Crippen LogP contribution in [0.3, 0.4) is 0 Å². The first-order valence-corrected chi connectivity index (χ1v) is 19.8. The van der Waals surface area contributed by atoms with Crippen molar-refractivity contribution in [3.63, 3.8) is 0 Å². The summed E-state index contributed by atoms with van der Waals surface area (Å²) in [5, 5.41) is 27.0. The van der Waals surface area contributed by atoms with Crippen LogP contribution < -0.4 is 0 Å². The summed E-state index contributed by atoms with van der Waals surface area (Å²) in [6.07, 6.45) is 2.29. The third-order valence-corrected chi connectivity index (χ3v) is 12.2. The maximum Gasteiger partial charge on any atom is 0.417 e. The standard InChI is InChI=1S/C34H45F3N6O4S2/c1-49(46,47)42-16-10-29-27(24-42)32(39-43(29)23-26(44)22-41-14-5-2-6-15-41)25-8-9-28(34(35,36)37)30(21-25)48-20-19-40-17-11-33(45,12-18-40)31-7-3-4-13-38-31/h3-4,7-9,13,21,26,44-45H,2,5-6,10-12,14-20,22-24H2,1H3/t26-/m1/s1. The number of rotatable bonds is 11. The fourth-order valence-electron chi connectivity index (χ4n) is 7.18. The highest BCUT2D eigenvalue weighted by Crippen LogP contribution is 2.41. The fourth-order valence-corrected chi connectivity index (χ4v) is 9.08. The molecule has 3 aromatic rings. The number of sulfonamides is 1. The third kappa shape index (κ3) is 8.68. The largest absolute Gasteiger partial charge is 0.417 e. The lowest BCUT2D eigenvalue weighted by Gasteiger charge is -2.37. The van der Waals surface area contributed by atoms with Crippen LogP contribution in [0.2, 0.25) is 0 Å². The topological polar surface area (TPSA) is 115 Å². The number of likely N-dealkylation sites (tertiary alicyclic amines) is 2. The number of alkyl halides is 3. The number of aliphatic hydroxyl groups is 2. The molecule has 0 amide bonds. The number of hydrogen-bond donors (Lipinski definition) is 2. The van der Waals surface area contributed by atoms with Gasteiger partial charge in [-0.1, -0.05) is 18.6 Å². The summed E-state index contributed by atoms with van der Waals surface area (Å²) < 4.78 is 70.8. The van der Waals surface area contributed by atoms with Crippen LogP contribution in [0.25, 0.3) is 11.3 Å². The van der Waals surface area contributed by atoms with E-state index in [1.807, 2.05) is 12.1 Å². The second kappa shape index (κ2) is 15.0. The van der Waals surface area contributed by atoms with Crippen molar-refractivity contribution in [1.82, 2.24) is 28.9 Å². The minimum atomic E-state index is -4.56. The molecule has 268 valence electrons. The second-order valence-electron chi connectivity index (χ2n) is 13.5. The number of thioether (sulfide) groups is 1. The number of piperidine rings is 2. The van der Waals surface area contributed by atoms with Gasteiger partial charge in [-0.3, -0.25) is 9.67 Å². The number of benzene rings is 1. The normalized spacial score (nSPS) is 20.3. The minimum absolute atomic E-state index is 0.0645. The Morgan fingerprint density at radius 3 is 2.43 bits per heavy atom. The van der Waals surface area contributed by atoms with Gasteiger partial charge in [0.2, 0.25) is 10.0 Å². The van der Waals surface area contributed by atoms with Gasteiger partial charge < -0.3 is 20.0 Å². The predicted octanol–water partition coefficient (Wildman–Crippen LogP) is 4.20. The van der Waals surface area contributed by atoms with E-state index in [4.69, 9.17) is 5.10 Å². The van der Waals surface area contributed by atoms with Crippen molar-refractivity contribution >= 4 is 21.8 Å². The smallest absolute Gasteiger partial charge is 0.390 e. The summed E-state index contributed by atoms with van der Waals surface area (Å²) in [6, 6.07) is 9.47. The summed E-state index contributed by atoms with van der Waals surface area (Å²) in [4.78, 5) is 8.78. The average Bonchev–Trinajstić information content (AvgIpc) is 3.43. The molecule has 3 aliphatic rings. The molecular weight excluding hydrogens is 678 g/mol. The molecule has 0 spiro atoms. The Labute approximate surface area is 290 Å². The van der Waals surface area contributed by atoms with Gasteiger partial charge in [0.05, 0.1) is 35.9 Å². The van der Waals surface area contributed by atoms with Gasteiger partial charge in [0, 0.05) is 79.4 Å². The molecule has 49 heavy (non-hydrogen) atoms. The van der Waals surface area contributed by atoms with Crippen molar-refractivity contribution < 1.29 is 31.8 Å². The molecular formula is C34H45F3N6O4S2. The van der Waals surface area contributed by atoms with Crippen molar-refractivity contribution in [1.29, 1.82) is 0 Å². The van der Waals surface area contributed by atoms with Gasteiger partial charge in [-0.05, 0) is 63.0 Å². The van der Waals surface area contributed by atoms with Gasteiger partial charge in [0.1, 0.15) is 5.60 Å². The first kappa shape index (κ1) is 36.3. The zero-order valence-corrected chi connectivity index (χ0v) is 29.4. The van der Waals surface area contributed by atoms with E-state index >= 15 is 0 Å². The molecule has 15 heteroatoms. The van der Waals surface area contributed by atoms with E-state index in [2.05, 4.69) is 14.8 Å². The molecule has 0 radical (unpaired) electrons. The number of β-amino-alcohol motifs (C(OH)–C–C–N with tert-alkyl or cyclic N) is 1. The fraction of sp³-hybridized carbons (Fsp3) is 0.588. The maximum absolute atomic E-state index is 14.2. The summed E-state index contributed by atoms with van der Waals surface area (Å²) >= 11 is 1.13. The lowest BCUT2D eigenvalue weighted by Crippen LogP contribution is -2.43. The predicted molar refractivity (Wildman–Crippen MR) is 182 cm³/mol. The average molecular weight is 723 g/mol. The third-order valence-electron chi connectivity index (χ3n) is 9.92. The molecule has 6 rings (SSSR count). The summed E-state index contributed by atoms with van der Waals surface area (Å²) in [5.41, 5.74) is 1.27. The highest BCUT2D eigenvalue weighted by Gasteiger charge is 2.37. The SMILES string of the molecule is CS(=O)(=O)N1CCc2c(c(-c3ccc(C(F)(F)F)c(SCCN4CCC(O)(c5ccccn5)CC4)c3)nn2C[C@H](O)CN2CCCCC2)C1. The van der Waals surface area contributed by atoms with E-state index in [1.54, 1.807) is 16.9 Å². The molecule has 2 aromatic heterocycles. The highest BCUT2D eigenvalue weighted by atomic mass is 32.2. The second-order valence-corrected chi connectivity index (χ2v) is 16.6. The first-order valence-electron chi connectivity index (χ1n) is 16.9. The number of aromatic nitrogens is 3. The molecule has 0 aliphatic carbocycles. The molecule has 0 saturated carbocycles. The van der Waals surface area contributed by atoms with Crippen LogP contribution in [0, 0.1) is 0 Å². The monoisotopic (exact) mass is 722 g/mol. The van der Waals surface area contributed by atoms with Crippen molar-refractivity contribution in [2.75, 3.05) is 57.8 Å². The van der Waals surface area contributed by atoms with Crippen molar-refractivity contribution in [2.45, 2.75) is 74.4 Å². The van der Waals surface area contributed by atoms with Crippen LogP contribution in [0.1, 0.15) is 54.6 Å². The summed E-state index contributed by atoms with van der Waals surface area (Å²) in [5.74, 6) is 0.408. The lowest BCUT2D eigenvalue weighted by molar-refractivity contribution is -0.139. The Kier molecular flexibility index (Phi) is 11.1. The number of aliphatic hydroxyl groups excluding tert-OH is 1. The number of halogens is 3. The summed E-state index contributed by atoms with van der Waals surface area (Å²) in [6.45, 7) is 4.66. The van der Waals surface area contributed by atoms with E-state index in [-0.39, 0.29) is 24.5 Å². The van der Waals surface area contributed by atoms with Crippen molar-refractivity contribution in [3.8, 4) is 11.3 Å². The minimum Gasteiger partial charge on any atom is -0.390 e. The molecule has 1 aromatic carbocycles. The molecule has 1 atom stereocenters. The number of pyridine rings is 1. The quantitative estimate of drug-likeness (QED) is 0.281. The van der Waals surface area contributed by atoms with Gasteiger partial charge in [-0.15, -0.1) is 11.8 Å². The lowest BCUT2D eigenvalue weighted by atomic mass is 9.88. The molecule has 3 aliphatic heterocycles. The van der Waals surface area contributed by atoms with E-state index in [9.17, 15) is 31.8 Å². The van der Waals surface area contributed by atoms with E-state index in [1.165, 1.54) is 22.9 Å². The molecule has 2 N–H and O–H groups in total. The van der Waals surface area contributed by atoms with Gasteiger partial charge in [0.25, 0.3) is 0 Å². The molecule has 5 heterocycles. The summed E-state index contributed by atoms with van der Waals surface area (Å²) in [7, 11) is -3.52. The van der Waals surface area contributed by atoms with Crippen LogP contribution >= 0.6 is 11.8 Å². The Hall–Kier alpha value is -2.53. The van der Waals surface area contributed by atoms with Crippen LogP contribution in [-0.4, -0.2) is 111 Å². The molecule has 10 nitrogen and oxygen atoms in total. The maximum atomic E-state index is 14.2. The van der Waals surface area contributed by atoms with E-state index < -0.39 is 33.5 Å². The van der Waals surface area contributed by atoms with E-state index in [0.29, 0.717) is 73.7 Å². The van der Waals surface area contributed by atoms with Gasteiger partial charge in [0.15, 0.2) is 0 Å². The van der Waals surface area contributed by atoms with Crippen LogP contribution in [0.4, 0.5) is 13.2 Å². The van der Waals surface area contributed by atoms with Crippen LogP contribution in [0.15, 0.2) is 47.5 Å². The molecule has 2 fully saturated rings. The van der Waals surface area contributed by atoms with Crippen LogP contribution in [-0.2, 0) is 41.3 Å². The first-order chi connectivity index (χ1) is 23.3. The molecule has 0 bridgehead atoms. The Bertz CT molecular complexity index is 1690. The van der Waals surface area contributed by atoms with Gasteiger partial charge >= 0.3 is 6.18 Å². The Morgan fingerprint density at radius 1 is 1.00 bits per heavy atom. The van der Waals surface area contributed by atoms with Gasteiger partial charge in [-0.25, -0.2) is 8.42 Å². The Balaban J connectivity index is 1.21. The Morgan fingerprint density at radius 2 is 1.76 bits per heavy atom. The molecule has 0 unspecified atom stereocenters. The number of hydrogen-bond acceptors (Lipinski definition) is 9. The van der Waals surface area contributed by atoms with Crippen molar-refractivity contribution in [2.24, 2.45) is 0 Å². The zero-order chi connectivity index (χ0) is 34.8. The van der Waals surface area contributed by atoms with E-state index in [0.717, 1.165) is 55.7 Å². The molecule has 2 saturated heterocycles.